The molecule has 0 saturated heterocycles. The van der Waals surface area contributed by atoms with Crippen LogP contribution in [0, 0.1) is 0 Å². The molecule has 0 radical (unpaired) electrons. The lowest BCUT2D eigenvalue weighted by atomic mass is 10.1. The monoisotopic (exact) mass is 1060 g/mol. The molecular formula is C71H114O6. The second kappa shape index (κ2) is 63.8. The van der Waals surface area contributed by atoms with Crippen LogP contribution in [0.2, 0.25) is 0 Å². The largest absolute Gasteiger partial charge is 0.462 e. The standard InChI is InChI=1S/C71H114O6/c1-4-7-10-13-16-19-22-25-28-30-32-34-35-37-38-40-43-46-49-52-55-58-61-64-70(73)76-67-68(66-75-69(72)63-60-57-54-51-48-45-42-27-24-21-18-15-12-9-6-3)77-71(74)65-62-59-56-53-50-47-44-41-39-36-33-31-29-26-23-20-17-14-11-8-5-2/h7,9-10,12,16,18-19,21,23,25-28,31-34,37-38,42-43,46,52,55,68H,4-6,8,11,13-15,17,20,22,24,29-30,35-36,39-41,44-45,47-51,53-54,56-67H2,1-3H3/b10-7-,12-9-,19-16-,21-18-,26-23-,28-25-,33-31-,34-32-,38-37-,42-27-,46-43-,55-52-. The van der Waals surface area contributed by atoms with E-state index in [1.54, 1.807) is 0 Å². The number of allylic oxidation sites excluding steroid dienone is 24. The highest BCUT2D eigenvalue weighted by Gasteiger charge is 2.19. The fourth-order valence-corrected chi connectivity index (χ4v) is 8.18. The summed E-state index contributed by atoms with van der Waals surface area (Å²) in [7, 11) is 0. The molecule has 0 N–H and O–H groups in total. The summed E-state index contributed by atoms with van der Waals surface area (Å²) in [5, 5.41) is 0. The maximum absolute atomic E-state index is 12.9. The van der Waals surface area contributed by atoms with Crippen molar-refractivity contribution >= 4 is 17.9 Å². The van der Waals surface area contributed by atoms with E-state index in [2.05, 4.69) is 167 Å². The molecule has 0 bridgehead atoms. The molecule has 0 heterocycles. The van der Waals surface area contributed by atoms with E-state index in [0.29, 0.717) is 19.3 Å². The molecule has 0 amide bonds. The number of carbonyl (C=O) groups is 3. The number of ether oxygens (including phenoxy) is 3. The molecule has 0 aliphatic carbocycles. The second-order valence-electron chi connectivity index (χ2n) is 20.2. The number of hydrogen-bond donors (Lipinski definition) is 0. The van der Waals surface area contributed by atoms with Gasteiger partial charge in [-0.2, -0.15) is 0 Å². The first-order valence-electron chi connectivity index (χ1n) is 31.3. The van der Waals surface area contributed by atoms with Crippen LogP contribution in [0.3, 0.4) is 0 Å². The van der Waals surface area contributed by atoms with Gasteiger partial charge in [0.15, 0.2) is 6.10 Å². The predicted molar refractivity (Wildman–Crippen MR) is 334 cm³/mol. The summed E-state index contributed by atoms with van der Waals surface area (Å²) in [4.78, 5) is 38.3. The van der Waals surface area contributed by atoms with E-state index < -0.39 is 6.10 Å². The smallest absolute Gasteiger partial charge is 0.306 e. The van der Waals surface area contributed by atoms with Crippen LogP contribution < -0.4 is 0 Å². The molecule has 0 spiro atoms. The van der Waals surface area contributed by atoms with Crippen LogP contribution in [0.15, 0.2) is 146 Å². The molecule has 0 aromatic rings. The van der Waals surface area contributed by atoms with Crippen LogP contribution in [0.25, 0.3) is 0 Å². The number of esters is 3. The zero-order valence-electron chi connectivity index (χ0n) is 49.7. The summed E-state index contributed by atoms with van der Waals surface area (Å²) in [6, 6.07) is 0. The van der Waals surface area contributed by atoms with Gasteiger partial charge in [0.25, 0.3) is 0 Å². The molecule has 1 unspecified atom stereocenters. The van der Waals surface area contributed by atoms with Crippen molar-refractivity contribution in [3.63, 3.8) is 0 Å². The van der Waals surface area contributed by atoms with E-state index in [9.17, 15) is 14.4 Å². The second-order valence-corrected chi connectivity index (χ2v) is 20.2. The van der Waals surface area contributed by atoms with Crippen LogP contribution in [0.1, 0.15) is 265 Å². The lowest BCUT2D eigenvalue weighted by Gasteiger charge is -2.18. The highest BCUT2D eigenvalue weighted by atomic mass is 16.6. The minimum atomic E-state index is -0.819. The van der Waals surface area contributed by atoms with E-state index in [1.807, 2.05) is 0 Å². The lowest BCUT2D eigenvalue weighted by molar-refractivity contribution is -0.167. The Labute approximate surface area is 474 Å². The van der Waals surface area contributed by atoms with Gasteiger partial charge in [0.05, 0.1) is 0 Å². The highest BCUT2D eigenvalue weighted by Crippen LogP contribution is 2.14. The predicted octanol–water partition coefficient (Wildman–Crippen LogP) is 21.5. The van der Waals surface area contributed by atoms with E-state index >= 15 is 0 Å². The van der Waals surface area contributed by atoms with Crippen molar-refractivity contribution in [3.05, 3.63) is 146 Å². The van der Waals surface area contributed by atoms with Gasteiger partial charge in [-0.25, -0.2) is 0 Å². The molecule has 0 aromatic heterocycles. The first-order chi connectivity index (χ1) is 38.0. The van der Waals surface area contributed by atoms with Crippen molar-refractivity contribution in [3.8, 4) is 0 Å². The summed E-state index contributed by atoms with van der Waals surface area (Å²) in [6.45, 7) is 6.34. The van der Waals surface area contributed by atoms with Gasteiger partial charge < -0.3 is 14.2 Å². The molecule has 0 aliphatic heterocycles. The van der Waals surface area contributed by atoms with Crippen LogP contribution in [-0.4, -0.2) is 37.2 Å². The van der Waals surface area contributed by atoms with E-state index in [4.69, 9.17) is 14.2 Å². The molecule has 0 aromatic carbocycles. The van der Waals surface area contributed by atoms with Crippen molar-refractivity contribution < 1.29 is 28.6 Å². The Morgan fingerprint density at radius 2 is 0.519 bits per heavy atom. The molecule has 1 atom stereocenters. The first kappa shape index (κ1) is 72.3. The Balaban J connectivity index is 4.52. The fourth-order valence-electron chi connectivity index (χ4n) is 8.18. The summed E-state index contributed by atoms with van der Waals surface area (Å²) in [5.74, 6) is -0.995. The van der Waals surface area contributed by atoms with Crippen molar-refractivity contribution in [2.45, 2.75) is 271 Å². The van der Waals surface area contributed by atoms with Gasteiger partial charge in [0.1, 0.15) is 13.2 Å². The average Bonchev–Trinajstić information content (AvgIpc) is 3.43. The number of carbonyl (C=O) groups excluding carboxylic acids is 3. The summed E-state index contributed by atoms with van der Waals surface area (Å²) >= 11 is 0. The molecule has 0 rings (SSSR count). The van der Waals surface area contributed by atoms with Crippen LogP contribution >= 0.6 is 0 Å². The third-order valence-corrected chi connectivity index (χ3v) is 12.8. The Morgan fingerprint density at radius 3 is 0.844 bits per heavy atom. The number of rotatable bonds is 55. The van der Waals surface area contributed by atoms with Crippen LogP contribution in [-0.2, 0) is 28.6 Å². The Morgan fingerprint density at radius 1 is 0.273 bits per heavy atom. The summed E-state index contributed by atoms with van der Waals surface area (Å²) in [5.41, 5.74) is 0. The average molecular weight is 1060 g/mol. The maximum atomic E-state index is 12.9. The minimum absolute atomic E-state index is 0.112. The van der Waals surface area contributed by atoms with Gasteiger partial charge in [-0.3, -0.25) is 14.4 Å². The third kappa shape index (κ3) is 62.0. The van der Waals surface area contributed by atoms with E-state index in [1.165, 1.54) is 83.5 Å². The number of hydrogen-bond acceptors (Lipinski definition) is 6. The molecule has 0 saturated carbocycles. The zero-order valence-corrected chi connectivity index (χ0v) is 49.7. The van der Waals surface area contributed by atoms with Gasteiger partial charge in [0.2, 0.25) is 0 Å². The first-order valence-corrected chi connectivity index (χ1v) is 31.3. The molecule has 77 heavy (non-hydrogen) atoms. The van der Waals surface area contributed by atoms with Gasteiger partial charge in [-0.15, -0.1) is 0 Å². The lowest BCUT2D eigenvalue weighted by Crippen LogP contribution is -2.30. The Kier molecular flexibility index (Phi) is 59.9. The summed E-state index contributed by atoms with van der Waals surface area (Å²) < 4.78 is 16.9. The molecule has 6 nitrogen and oxygen atoms in total. The van der Waals surface area contributed by atoms with Crippen LogP contribution in [0.5, 0.6) is 0 Å². The Hall–Kier alpha value is -4.71. The van der Waals surface area contributed by atoms with Crippen LogP contribution in [0.4, 0.5) is 0 Å². The van der Waals surface area contributed by atoms with Crippen molar-refractivity contribution in [1.29, 1.82) is 0 Å². The van der Waals surface area contributed by atoms with E-state index in [0.717, 1.165) is 135 Å². The molecular weight excluding hydrogens is 949 g/mol. The molecule has 6 heteroatoms. The fraction of sp³-hybridized carbons (Fsp3) is 0.620. The molecule has 434 valence electrons. The highest BCUT2D eigenvalue weighted by molar-refractivity contribution is 5.71. The number of unbranched alkanes of at least 4 members (excludes halogenated alkanes) is 20. The van der Waals surface area contributed by atoms with Crippen molar-refractivity contribution in [2.75, 3.05) is 13.2 Å². The van der Waals surface area contributed by atoms with Gasteiger partial charge in [0, 0.05) is 19.3 Å². The summed E-state index contributed by atoms with van der Waals surface area (Å²) in [6.07, 6.45) is 91.3. The normalized spacial score (nSPS) is 13.1. The minimum Gasteiger partial charge on any atom is -0.462 e. The quantitative estimate of drug-likeness (QED) is 0.0261. The van der Waals surface area contributed by atoms with Crippen molar-refractivity contribution in [1.82, 2.24) is 0 Å². The third-order valence-electron chi connectivity index (χ3n) is 12.8. The topological polar surface area (TPSA) is 78.9 Å². The van der Waals surface area contributed by atoms with Gasteiger partial charge in [-0.05, 0) is 135 Å². The van der Waals surface area contributed by atoms with Gasteiger partial charge >= 0.3 is 17.9 Å². The SMILES string of the molecule is CC/C=C\C/C=C\C/C=C\C/C=C\C/C=C\C/C=C\C/C=C\CCCC(=O)OCC(COC(=O)CCCCCCC/C=C\C/C=C\C/C=C\CC)OC(=O)CCCCCCCCCCC/C=C\C/C=C\CCCCCCC. The molecule has 0 aliphatic rings. The Bertz CT molecular complexity index is 1700. The van der Waals surface area contributed by atoms with Crippen molar-refractivity contribution in [2.24, 2.45) is 0 Å². The van der Waals surface area contributed by atoms with Gasteiger partial charge in [-0.1, -0.05) is 256 Å². The zero-order chi connectivity index (χ0) is 55.7. The van der Waals surface area contributed by atoms with E-state index in [-0.39, 0.29) is 37.5 Å². The molecule has 0 fully saturated rings. The maximum Gasteiger partial charge on any atom is 0.306 e.